The Bertz CT molecular complexity index is 1120. The second-order valence-corrected chi connectivity index (χ2v) is 10.4. The van der Waals surface area contributed by atoms with E-state index in [4.69, 9.17) is 0 Å². The number of nitrogens with zero attached hydrogens (tertiary/aromatic N) is 1. The van der Waals surface area contributed by atoms with Gasteiger partial charge in [0.05, 0.1) is 17.6 Å². The predicted octanol–water partition coefficient (Wildman–Crippen LogP) is 6.59. The molecule has 1 aromatic carbocycles. The molecule has 0 atom stereocenters. The number of hydrogen-bond donors (Lipinski definition) is 3. The summed E-state index contributed by atoms with van der Waals surface area (Å²) < 4.78 is 0. The van der Waals surface area contributed by atoms with Crippen LogP contribution in [0.5, 0.6) is 0 Å². The van der Waals surface area contributed by atoms with Crippen molar-refractivity contribution < 1.29 is 4.79 Å². The summed E-state index contributed by atoms with van der Waals surface area (Å²) >= 11 is 0. The predicted molar refractivity (Wildman–Crippen MR) is 138 cm³/mol. The van der Waals surface area contributed by atoms with Gasteiger partial charge in [-0.2, -0.15) is 0 Å². The van der Waals surface area contributed by atoms with Crippen LogP contribution >= 0.6 is 0 Å². The molecule has 3 aromatic rings. The average Bonchev–Trinajstić information content (AvgIpc) is 3.19. The maximum Gasteiger partial charge on any atom is 0.230 e. The van der Waals surface area contributed by atoms with Crippen LogP contribution in [-0.4, -0.2) is 29.0 Å². The van der Waals surface area contributed by atoms with Crippen LogP contribution in [0.15, 0.2) is 36.7 Å². The van der Waals surface area contributed by atoms with Crippen molar-refractivity contribution in [2.75, 3.05) is 18.4 Å². The van der Waals surface area contributed by atoms with Gasteiger partial charge in [0.15, 0.2) is 0 Å². The van der Waals surface area contributed by atoms with Crippen molar-refractivity contribution in [3.05, 3.63) is 47.8 Å². The Hall–Kier alpha value is -2.66. The fourth-order valence-corrected chi connectivity index (χ4v) is 5.19. The second-order valence-electron chi connectivity index (χ2n) is 10.4. The van der Waals surface area contributed by atoms with Gasteiger partial charge in [-0.05, 0) is 73.5 Å². The highest BCUT2D eigenvalue weighted by Gasteiger charge is 2.28. The molecule has 1 aliphatic rings. The summed E-state index contributed by atoms with van der Waals surface area (Å²) in [5.74, 6) is 0.991. The van der Waals surface area contributed by atoms with Gasteiger partial charge in [-0.3, -0.25) is 9.78 Å². The number of carbonyl (C=O) groups is 1. The first-order chi connectivity index (χ1) is 15.8. The van der Waals surface area contributed by atoms with Crippen LogP contribution in [0.2, 0.25) is 0 Å². The van der Waals surface area contributed by atoms with Crippen molar-refractivity contribution in [2.45, 2.75) is 72.1 Å². The normalized spacial score (nSPS) is 15.3. The van der Waals surface area contributed by atoms with Crippen molar-refractivity contribution in [1.29, 1.82) is 0 Å². The zero-order valence-electron chi connectivity index (χ0n) is 20.7. The third-order valence-electron chi connectivity index (χ3n) is 7.08. The first-order valence-electron chi connectivity index (χ1n) is 12.4. The highest BCUT2D eigenvalue weighted by molar-refractivity contribution is 6.00. The minimum absolute atomic E-state index is 0.0361. The van der Waals surface area contributed by atoms with Crippen molar-refractivity contribution in [3.63, 3.8) is 0 Å². The first kappa shape index (κ1) is 23.5. The molecule has 3 N–H and O–H groups in total. The molecule has 1 amide bonds. The second kappa shape index (κ2) is 9.68. The molecule has 2 aromatic heterocycles. The number of benzene rings is 1. The molecule has 0 saturated carbocycles. The molecule has 3 heterocycles. The number of nitrogens with one attached hydrogen (secondary N) is 3. The number of carbonyl (C=O) groups excluding carboxylic acids is 1. The van der Waals surface area contributed by atoms with Crippen molar-refractivity contribution >= 4 is 22.5 Å². The lowest BCUT2D eigenvalue weighted by molar-refractivity contribution is -0.124. The Balaban J connectivity index is 1.77. The molecule has 1 fully saturated rings. The molecule has 0 spiro atoms. The highest BCUT2D eigenvalue weighted by atomic mass is 16.2. The molecule has 4 rings (SSSR count). The smallest absolute Gasteiger partial charge is 0.230 e. The fourth-order valence-electron chi connectivity index (χ4n) is 5.19. The summed E-state index contributed by atoms with van der Waals surface area (Å²) in [6.07, 6.45) is 7.77. The van der Waals surface area contributed by atoms with Crippen LogP contribution in [0.3, 0.4) is 0 Å². The maximum atomic E-state index is 13.1. The summed E-state index contributed by atoms with van der Waals surface area (Å²) in [5.41, 5.74) is 6.29. The van der Waals surface area contributed by atoms with E-state index < -0.39 is 5.41 Å². The monoisotopic (exact) mass is 446 g/mol. The summed E-state index contributed by atoms with van der Waals surface area (Å²) in [5, 5.41) is 7.94. The molecule has 0 unspecified atom stereocenters. The van der Waals surface area contributed by atoms with Gasteiger partial charge >= 0.3 is 0 Å². The number of rotatable bonds is 7. The number of aromatic amines is 1. The fraction of sp³-hybridized carbons (Fsp3) is 0.500. The largest absolute Gasteiger partial charge is 0.354 e. The summed E-state index contributed by atoms with van der Waals surface area (Å²) in [4.78, 5) is 21.1. The standard InChI is InChI=1S/C28H38N4O/c1-6-12-28(4,5)27(33)32-24-17-30-15-11-21(24)26-25(18(2)3)22-16-20(7-8-23(22)31-26)19-9-13-29-14-10-19/h7-8,11,15-19,29,31H,6,9-10,12-14H2,1-5H3,(H,32,33). The van der Waals surface area contributed by atoms with Gasteiger partial charge < -0.3 is 15.6 Å². The zero-order valence-corrected chi connectivity index (χ0v) is 20.7. The maximum absolute atomic E-state index is 13.1. The SMILES string of the molecule is CCCC(C)(C)C(=O)Nc1cnccc1-c1[nH]c2ccc(C3CCNCC3)cc2c1C(C)C. The Morgan fingerprint density at radius 1 is 1.21 bits per heavy atom. The van der Waals surface area contributed by atoms with Gasteiger partial charge in [-0.1, -0.05) is 47.1 Å². The summed E-state index contributed by atoms with van der Waals surface area (Å²) in [6, 6.07) is 8.91. The lowest BCUT2D eigenvalue weighted by Gasteiger charge is -2.24. The average molecular weight is 447 g/mol. The molecule has 1 aliphatic heterocycles. The van der Waals surface area contributed by atoms with Gasteiger partial charge in [0.1, 0.15) is 0 Å². The Morgan fingerprint density at radius 3 is 2.67 bits per heavy atom. The number of fused-ring (bicyclic) bond motifs is 1. The lowest BCUT2D eigenvalue weighted by Crippen LogP contribution is -2.30. The van der Waals surface area contributed by atoms with E-state index in [-0.39, 0.29) is 5.91 Å². The number of hydrogen-bond acceptors (Lipinski definition) is 3. The van der Waals surface area contributed by atoms with E-state index in [2.05, 4.69) is 59.6 Å². The molecule has 5 nitrogen and oxygen atoms in total. The van der Waals surface area contributed by atoms with E-state index in [1.54, 1.807) is 12.4 Å². The van der Waals surface area contributed by atoms with Crippen LogP contribution in [0.4, 0.5) is 5.69 Å². The zero-order chi connectivity index (χ0) is 23.6. The molecule has 1 saturated heterocycles. The number of amides is 1. The van der Waals surface area contributed by atoms with Gasteiger partial charge in [0.25, 0.3) is 0 Å². The van der Waals surface area contributed by atoms with Crippen LogP contribution in [0, 0.1) is 5.41 Å². The minimum Gasteiger partial charge on any atom is -0.354 e. The van der Waals surface area contributed by atoms with Crippen molar-refractivity contribution in [3.8, 4) is 11.3 Å². The third-order valence-corrected chi connectivity index (χ3v) is 7.08. The number of piperidine rings is 1. The number of aromatic nitrogens is 2. The summed E-state index contributed by atoms with van der Waals surface area (Å²) in [7, 11) is 0. The van der Waals surface area contributed by atoms with Crippen molar-refractivity contribution in [2.24, 2.45) is 5.41 Å². The van der Waals surface area contributed by atoms with Crippen LogP contribution < -0.4 is 10.6 Å². The molecule has 5 heteroatoms. The number of anilines is 1. The Kier molecular flexibility index (Phi) is 6.89. The molecular weight excluding hydrogens is 408 g/mol. The van der Waals surface area contributed by atoms with E-state index in [9.17, 15) is 4.79 Å². The van der Waals surface area contributed by atoms with E-state index in [0.717, 1.165) is 48.4 Å². The van der Waals surface area contributed by atoms with Crippen LogP contribution in [0.1, 0.15) is 83.3 Å². The molecule has 0 radical (unpaired) electrons. The van der Waals surface area contributed by atoms with Crippen LogP contribution in [-0.2, 0) is 4.79 Å². The molecular formula is C28H38N4O. The molecule has 0 bridgehead atoms. The van der Waals surface area contributed by atoms with E-state index in [1.165, 1.54) is 29.4 Å². The lowest BCUT2D eigenvalue weighted by atomic mass is 9.87. The Morgan fingerprint density at radius 2 is 1.97 bits per heavy atom. The third kappa shape index (κ3) is 4.84. The van der Waals surface area contributed by atoms with E-state index >= 15 is 0 Å². The van der Waals surface area contributed by atoms with E-state index in [1.807, 2.05) is 19.9 Å². The number of H-pyrrole nitrogens is 1. The Labute approximate surface area is 197 Å². The molecule has 0 aliphatic carbocycles. The first-order valence-corrected chi connectivity index (χ1v) is 12.4. The van der Waals surface area contributed by atoms with Gasteiger partial charge in [0, 0.05) is 28.1 Å². The number of pyridine rings is 1. The van der Waals surface area contributed by atoms with Gasteiger partial charge in [0.2, 0.25) is 5.91 Å². The quantitative estimate of drug-likeness (QED) is 0.384. The molecule has 176 valence electrons. The molecule has 33 heavy (non-hydrogen) atoms. The van der Waals surface area contributed by atoms with Crippen molar-refractivity contribution in [1.82, 2.24) is 15.3 Å². The highest BCUT2D eigenvalue weighted by Crippen LogP contribution is 2.40. The minimum atomic E-state index is -0.424. The van der Waals surface area contributed by atoms with Crippen LogP contribution in [0.25, 0.3) is 22.2 Å². The summed E-state index contributed by atoms with van der Waals surface area (Å²) in [6.45, 7) is 12.8. The van der Waals surface area contributed by atoms with Gasteiger partial charge in [-0.25, -0.2) is 0 Å². The topological polar surface area (TPSA) is 69.8 Å². The van der Waals surface area contributed by atoms with Gasteiger partial charge in [-0.15, -0.1) is 0 Å². The van der Waals surface area contributed by atoms with E-state index in [0.29, 0.717) is 11.8 Å².